The second-order valence-electron chi connectivity index (χ2n) is 5.73. The van der Waals surface area contributed by atoms with Crippen molar-refractivity contribution < 1.29 is 13.9 Å². The topological polar surface area (TPSA) is 69.3 Å². The molecule has 0 unspecified atom stereocenters. The average Bonchev–Trinajstić information content (AvgIpc) is 2.93. The van der Waals surface area contributed by atoms with Crippen molar-refractivity contribution in [3.63, 3.8) is 0 Å². The van der Waals surface area contributed by atoms with Crippen molar-refractivity contribution in [2.24, 2.45) is 0 Å². The van der Waals surface area contributed by atoms with Gasteiger partial charge in [0.2, 0.25) is 5.91 Å². The van der Waals surface area contributed by atoms with Crippen LogP contribution in [0.25, 0.3) is 0 Å². The molecule has 6 nitrogen and oxygen atoms in total. The number of carbonyl (C=O) groups is 1. The number of nitrogens with one attached hydrogen (secondary N) is 1. The van der Waals surface area contributed by atoms with Crippen molar-refractivity contribution in [3.05, 3.63) is 68.8 Å². The lowest BCUT2D eigenvalue weighted by Crippen LogP contribution is -2.19. The minimum atomic E-state index is -0.344. The summed E-state index contributed by atoms with van der Waals surface area (Å²) in [7, 11) is 0. The summed E-state index contributed by atoms with van der Waals surface area (Å²) in [6, 6.07) is 12.3. The SMILES string of the molecule is Cc1ccc(OCc2nn(CC(=O)Nc3cc(Cl)cc(Cl)c3)c(=S)o2)cc1. The Morgan fingerprint density at radius 3 is 2.56 bits per heavy atom. The molecule has 1 amide bonds. The minimum absolute atomic E-state index is 0.0804. The second kappa shape index (κ2) is 8.56. The largest absolute Gasteiger partial charge is 0.484 e. The van der Waals surface area contributed by atoms with Crippen LogP contribution in [0.3, 0.4) is 0 Å². The number of rotatable bonds is 6. The Morgan fingerprint density at radius 1 is 1.22 bits per heavy atom. The Morgan fingerprint density at radius 2 is 1.89 bits per heavy atom. The fourth-order valence-electron chi connectivity index (χ4n) is 2.25. The highest BCUT2D eigenvalue weighted by Crippen LogP contribution is 2.22. The molecule has 0 bridgehead atoms. The normalized spacial score (nSPS) is 10.6. The molecule has 3 aromatic rings. The summed E-state index contributed by atoms with van der Waals surface area (Å²) < 4.78 is 12.2. The minimum Gasteiger partial charge on any atom is -0.484 e. The van der Waals surface area contributed by atoms with Crippen LogP contribution in [-0.2, 0) is 17.9 Å². The quantitative estimate of drug-likeness (QED) is 0.562. The molecule has 27 heavy (non-hydrogen) atoms. The maximum absolute atomic E-state index is 12.2. The molecule has 0 aliphatic carbocycles. The van der Waals surface area contributed by atoms with Crippen molar-refractivity contribution in [2.75, 3.05) is 5.32 Å². The first kappa shape index (κ1) is 19.4. The summed E-state index contributed by atoms with van der Waals surface area (Å²) in [5.41, 5.74) is 1.62. The Bertz CT molecular complexity index is 995. The van der Waals surface area contributed by atoms with E-state index in [1.165, 1.54) is 4.68 Å². The van der Waals surface area contributed by atoms with Crippen molar-refractivity contribution in [1.82, 2.24) is 9.78 Å². The lowest BCUT2D eigenvalue weighted by Gasteiger charge is -2.06. The van der Waals surface area contributed by atoms with E-state index in [2.05, 4.69) is 10.4 Å². The van der Waals surface area contributed by atoms with Gasteiger partial charge in [-0.1, -0.05) is 40.9 Å². The molecule has 1 aromatic heterocycles. The van der Waals surface area contributed by atoms with Gasteiger partial charge in [0.1, 0.15) is 12.3 Å². The Kier molecular flexibility index (Phi) is 6.15. The van der Waals surface area contributed by atoms with E-state index >= 15 is 0 Å². The Hall–Kier alpha value is -2.35. The molecule has 0 fully saturated rings. The van der Waals surface area contributed by atoms with E-state index in [4.69, 9.17) is 44.6 Å². The van der Waals surface area contributed by atoms with Crippen LogP contribution >= 0.6 is 35.4 Å². The number of ether oxygens (including phenoxy) is 1. The molecule has 0 saturated carbocycles. The first-order chi connectivity index (χ1) is 12.9. The molecule has 2 aromatic carbocycles. The van der Waals surface area contributed by atoms with Crippen LogP contribution < -0.4 is 10.1 Å². The predicted molar refractivity (Wildman–Crippen MR) is 106 cm³/mol. The maximum atomic E-state index is 12.2. The fraction of sp³-hybridized carbons (Fsp3) is 0.167. The van der Waals surface area contributed by atoms with Crippen molar-refractivity contribution >= 4 is 47.0 Å². The van der Waals surface area contributed by atoms with Gasteiger partial charge in [0, 0.05) is 15.7 Å². The highest BCUT2D eigenvalue weighted by atomic mass is 35.5. The molecule has 9 heteroatoms. The van der Waals surface area contributed by atoms with Gasteiger partial charge in [0.25, 0.3) is 10.7 Å². The number of aryl methyl sites for hydroxylation is 1. The molecule has 0 spiro atoms. The van der Waals surface area contributed by atoms with Gasteiger partial charge in [-0.3, -0.25) is 4.79 Å². The van der Waals surface area contributed by atoms with Crippen molar-refractivity contribution in [2.45, 2.75) is 20.1 Å². The number of hydrogen-bond donors (Lipinski definition) is 1. The standard InChI is InChI=1S/C18H15Cl2N3O3S/c1-11-2-4-15(5-3-11)25-10-17-22-23(18(27)26-17)9-16(24)21-14-7-12(19)6-13(20)8-14/h2-8H,9-10H2,1H3,(H,21,24). The summed E-state index contributed by atoms with van der Waals surface area (Å²) in [5, 5.41) is 7.70. The summed E-state index contributed by atoms with van der Waals surface area (Å²) in [5.74, 6) is 0.620. The van der Waals surface area contributed by atoms with Crippen LogP contribution in [0, 0.1) is 11.8 Å². The molecule has 1 N–H and O–H groups in total. The fourth-order valence-corrected chi connectivity index (χ4v) is 2.98. The number of anilines is 1. The zero-order valence-electron chi connectivity index (χ0n) is 14.2. The van der Waals surface area contributed by atoms with Crippen LogP contribution in [0.2, 0.25) is 10.0 Å². The molecule has 0 atom stereocenters. The summed E-state index contributed by atoms with van der Waals surface area (Å²) in [4.78, 5) is 12.3. The van der Waals surface area contributed by atoms with E-state index < -0.39 is 0 Å². The van der Waals surface area contributed by atoms with Crippen LogP contribution in [0.4, 0.5) is 5.69 Å². The van der Waals surface area contributed by atoms with Gasteiger partial charge in [-0.05, 0) is 49.5 Å². The zero-order chi connectivity index (χ0) is 19.4. The Balaban J connectivity index is 1.61. The van der Waals surface area contributed by atoms with E-state index in [0.29, 0.717) is 21.5 Å². The lowest BCUT2D eigenvalue weighted by molar-refractivity contribution is -0.117. The number of aromatic nitrogens is 2. The third-order valence-electron chi connectivity index (χ3n) is 3.47. The van der Waals surface area contributed by atoms with Gasteiger partial charge in [0.05, 0.1) is 0 Å². The highest BCUT2D eigenvalue weighted by molar-refractivity contribution is 7.71. The van der Waals surface area contributed by atoms with E-state index in [0.717, 1.165) is 5.56 Å². The average molecular weight is 424 g/mol. The van der Waals surface area contributed by atoms with Gasteiger partial charge in [-0.2, -0.15) is 0 Å². The molecule has 1 heterocycles. The smallest absolute Gasteiger partial charge is 0.287 e. The lowest BCUT2D eigenvalue weighted by atomic mass is 10.2. The summed E-state index contributed by atoms with van der Waals surface area (Å²) >= 11 is 16.9. The van der Waals surface area contributed by atoms with E-state index in [-0.39, 0.29) is 29.8 Å². The number of halogens is 2. The number of amides is 1. The zero-order valence-corrected chi connectivity index (χ0v) is 16.6. The molecule has 0 aliphatic rings. The first-order valence-corrected chi connectivity index (χ1v) is 9.08. The maximum Gasteiger partial charge on any atom is 0.287 e. The number of hydrogen-bond acceptors (Lipinski definition) is 5. The van der Waals surface area contributed by atoms with Crippen LogP contribution in [0.5, 0.6) is 5.75 Å². The van der Waals surface area contributed by atoms with Crippen LogP contribution in [0.1, 0.15) is 11.5 Å². The second-order valence-corrected chi connectivity index (χ2v) is 6.95. The molecule has 140 valence electrons. The predicted octanol–water partition coefficient (Wildman–Crippen LogP) is 5.04. The highest BCUT2D eigenvalue weighted by Gasteiger charge is 2.11. The monoisotopic (exact) mass is 423 g/mol. The molecule has 0 aliphatic heterocycles. The molecular formula is C18H15Cl2N3O3S. The van der Waals surface area contributed by atoms with Crippen LogP contribution in [-0.4, -0.2) is 15.7 Å². The van der Waals surface area contributed by atoms with Gasteiger partial charge < -0.3 is 14.5 Å². The van der Waals surface area contributed by atoms with E-state index in [1.807, 2.05) is 31.2 Å². The number of benzene rings is 2. The number of carbonyl (C=O) groups excluding carboxylic acids is 1. The van der Waals surface area contributed by atoms with E-state index in [9.17, 15) is 4.79 Å². The van der Waals surface area contributed by atoms with Crippen molar-refractivity contribution in [1.29, 1.82) is 0 Å². The van der Waals surface area contributed by atoms with Crippen LogP contribution in [0.15, 0.2) is 46.9 Å². The molecule has 0 saturated heterocycles. The van der Waals surface area contributed by atoms with E-state index in [1.54, 1.807) is 18.2 Å². The summed E-state index contributed by atoms with van der Waals surface area (Å²) in [6.07, 6.45) is 0. The Labute approximate surface area is 170 Å². The van der Waals surface area contributed by atoms with Gasteiger partial charge >= 0.3 is 0 Å². The third kappa shape index (κ3) is 5.56. The molecule has 0 radical (unpaired) electrons. The van der Waals surface area contributed by atoms with Gasteiger partial charge in [-0.15, -0.1) is 5.10 Å². The third-order valence-corrected chi connectivity index (χ3v) is 4.20. The first-order valence-electron chi connectivity index (χ1n) is 7.91. The van der Waals surface area contributed by atoms with Gasteiger partial charge in [0.15, 0.2) is 6.61 Å². The number of nitrogens with zero attached hydrogens (tertiary/aromatic N) is 2. The summed E-state index contributed by atoms with van der Waals surface area (Å²) in [6.45, 7) is 1.98. The molecular weight excluding hydrogens is 409 g/mol. The molecule has 3 rings (SSSR count). The van der Waals surface area contributed by atoms with Crippen molar-refractivity contribution in [3.8, 4) is 5.75 Å². The van der Waals surface area contributed by atoms with Gasteiger partial charge in [-0.25, -0.2) is 4.68 Å².